The number of thiophene rings is 1. The van der Waals surface area contributed by atoms with Crippen LogP contribution in [-0.2, 0) is 0 Å². The number of rotatable bonds is 4. The van der Waals surface area contributed by atoms with Gasteiger partial charge in [0.25, 0.3) is 0 Å². The number of aromatic nitrogens is 2. The molecule has 1 fully saturated rings. The van der Waals surface area contributed by atoms with Gasteiger partial charge in [0.1, 0.15) is 22.7 Å². The summed E-state index contributed by atoms with van der Waals surface area (Å²) >= 11 is 1.68. The lowest BCUT2D eigenvalue weighted by Crippen LogP contribution is -2.28. The van der Waals surface area contributed by atoms with Gasteiger partial charge in [-0.15, -0.1) is 11.3 Å². The van der Waals surface area contributed by atoms with Crippen molar-refractivity contribution in [1.82, 2.24) is 15.3 Å². The minimum Gasteiger partial charge on any atom is -0.494 e. The Hall–Kier alpha value is -2.18. The maximum atomic E-state index is 5.56. The first kappa shape index (κ1) is 16.3. The molecule has 0 aliphatic carbocycles. The second-order valence-corrected chi connectivity index (χ2v) is 6.93. The molecule has 0 saturated carbocycles. The largest absolute Gasteiger partial charge is 0.494 e. The molecule has 0 unspecified atom stereocenters. The van der Waals surface area contributed by atoms with Crippen molar-refractivity contribution in [3.63, 3.8) is 0 Å². The predicted molar refractivity (Wildman–Crippen MR) is 104 cm³/mol. The summed E-state index contributed by atoms with van der Waals surface area (Å²) < 4.78 is 5.56. The van der Waals surface area contributed by atoms with Gasteiger partial charge in [0.2, 0.25) is 0 Å². The number of anilines is 1. The van der Waals surface area contributed by atoms with E-state index in [0.717, 1.165) is 49.0 Å². The van der Waals surface area contributed by atoms with Crippen molar-refractivity contribution in [1.29, 1.82) is 0 Å². The van der Waals surface area contributed by atoms with Crippen LogP contribution in [0.1, 0.15) is 13.3 Å². The van der Waals surface area contributed by atoms with Crippen LogP contribution in [0.5, 0.6) is 5.75 Å². The standard InChI is InChI=1S/C19H22N4OS/c1-2-24-15-6-4-14(5-7-15)16-12-25-19-17(16)18(21-13-22-19)23-10-3-8-20-9-11-23/h4-7,12-13,20H,2-3,8-11H2,1H3. The molecule has 1 saturated heterocycles. The van der Waals surface area contributed by atoms with Gasteiger partial charge in [0.15, 0.2) is 0 Å². The van der Waals surface area contributed by atoms with Crippen LogP contribution >= 0.6 is 11.3 Å². The fourth-order valence-corrected chi connectivity index (χ4v) is 4.18. The quantitative estimate of drug-likeness (QED) is 0.776. The zero-order chi connectivity index (χ0) is 17.1. The molecule has 1 N–H and O–H groups in total. The van der Waals surface area contributed by atoms with Gasteiger partial charge >= 0.3 is 0 Å². The summed E-state index contributed by atoms with van der Waals surface area (Å²) in [5.74, 6) is 1.96. The minimum atomic E-state index is 0.682. The summed E-state index contributed by atoms with van der Waals surface area (Å²) in [6.07, 6.45) is 2.82. The van der Waals surface area contributed by atoms with Crippen LogP contribution in [0.2, 0.25) is 0 Å². The topological polar surface area (TPSA) is 50.3 Å². The Morgan fingerprint density at radius 3 is 2.88 bits per heavy atom. The Morgan fingerprint density at radius 1 is 1.16 bits per heavy atom. The fourth-order valence-electron chi connectivity index (χ4n) is 3.27. The second-order valence-electron chi connectivity index (χ2n) is 6.07. The molecule has 1 aliphatic heterocycles. The Bertz CT molecular complexity index is 838. The van der Waals surface area contributed by atoms with E-state index in [1.54, 1.807) is 17.7 Å². The Morgan fingerprint density at radius 2 is 2.04 bits per heavy atom. The molecule has 0 radical (unpaired) electrons. The Balaban J connectivity index is 1.76. The van der Waals surface area contributed by atoms with Crippen LogP contribution in [0.15, 0.2) is 36.0 Å². The molecule has 5 nitrogen and oxygen atoms in total. The van der Waals surface area contributed by atoms with Crippen molar-refractivity contribution in [2.75, 3.05) is 37.7 Å². The van der Waals surface area contributed by atoms with Crippen molar-refractivity contribution in [3.05, 3.63) is 36.0 Å². The van der Waals surface area contributed by atoms with Gasteiger partial charge in [-0.05, 0) is 37.6 Å². The second kappa shape index (κ2) is 7.37. The van der Waals surface area contributed by atoms with E-state index >= 15 is 0 Å². The van der Waals surface area contributed by atoms with Crippen LogP contribution < -0.4 is 15.0 Å². The SMILES string of the molecule is CCOc1ccc(-c2csc3ncnc(N4CCCNCC4)c23)cc1. The molecule has 25 heavy (non-hydrogen) atoms. The molecule has 0 spiro atoms. The Kier molecular flexibility index (Phi) is 4.81. The summed E-state index contributed by atoms with van der Waals surface area (Å²) in [6.45, 7) is 6.75. The van der Waals surface area contributed by atoms with E-state index in [4.69, 9.17) is 4.74 Å². The monoisotopic (exact) mass is 354 g/mol. The van der Waals surface area contributed by atoms with E-state index in [-0.39, 0.29) is 0 Å². The number of nitrogens with one attached hydrogen (secondary N) is 1. The lowest BCUT2D eigenvalue weighted by Gasteiger charge is -2.22. The van der Waals surface area contributed by atoms with Gasteiger partial charge in [-0.3, -0.25) is 0 Å². The maximum absolute atomic E-state index is 5.56. The van der Waals surface area contributed by atoms with Crippen LogP contribution in [0.3, 0.4) is 0 Å². The lowest BCUT2D eigenvalue weighted by atomic mass is 10.1. The third-order valence-corrected chi connectivity index (χ3v) is 5.35. The first-order valence-corrected chi connectivity index (χ1v) is 9.66. The number of hydrogen-bond donors (Lipinski definition) is 1. The summed E-state index contributed by atoms with van der Waals surface area (Å²) in [6, 6.07) is 8.30. The highest BCUT2D eigenvalue weighted by molar-refractivity contribution is 7.17. The zero-order valence-corrected chi connectivity index (χ0v) is 15.2. The Labute approximate surface area is 151 Å². The molecule has 2 aromatic heterocycles. The van der Waals surface area contributed by atoms with Crippen molar-refractivity contribution >= 4 is 27.4 Å². The average Bonchev–Trinajstić information content (AvgIpc) is 2.89. The van der Waals surface area contributed by atoms with Crippen LogP contribution in [0, 0.1) is 0 Å². The van der Waals surface area contributed by atoms with Gasteiger partial charge in [-0.1, -0.05) is 12.1 Å². The van der Waals surface area contributed by atoms with Crippen LogP contribution in [0.25, 0.3) is 21.3 Å². The molecule has 6 heteroatoms. The molecular weight excluding hydrogens is 332 g/mol. The van der Waals surface area contributed by atoms with Gasteiger partial charge < -0.3 is 15.0 Å². The normalized spacial score (nSPS) is 15.3. The van der Waals surface area contributed by atoms with Gasteiger partial charge in [-0.2, -0.15) is 0 Å². The molecule has 0 bridgehead atoms. The average molecular weight is 354 g/mol. The molecule has 0 atom stereocenters. The number of nitrogens with zero attached hydrogens (tertiary/aromatic N) is 3. The first-order valence-electron chi connectivity index (χ1n) is 8.78. The zero-order valence-electron chi connectivity index (χ0n) is 14.4. The molecule has 3 aromatic rings. The highest BCUT2D eigenvalue weighted by atomic mass is 32.1. The molecule has 4 rings (SSSR count). The van der Waals surface area contributed by atoms with E-state index < -0.39 is 0 Å². The maximum Gasteiger partial charge on any atom is 0.141 e. The third-order valence-electron chi connectivity index (χ3n) is 4.47. The van der Waals surface area contributed by atoms with Crippen LogP contribution in [-0.4, -0.2) is 42.8 Å². The summed E-state index contributed by atoms with van der Waals surface area (Å²) in [5, 5.41) is 6.81. The van der Waals surface area contributed by atoms with Crippen molar-refractivity contribution in [2.24, 2.45) is 0 Å². The van der Waals surface area contributed by atoms with E-state index in [1.165, 1.54) is 16.5 Å². The van der Waals surface area contributed by atoms with E-state index in [2.05, 4.69) is 37.7 Å². The first-order chi connectivity index (χ1) is 12.4. The smallest absolute Gasteiger partial charge is 0.141 e. The molecule has 3 heterocycles. The van der Waals surface area contributed by atoms with E-state index in [0.29, 0.717) is 6.61 Å². The van der Waals surface area contributed by atoms with Crippen LogP contribution in [0.4, 0.5) is 5.82 Å². The molecule has 0 amide bonds. The van der Waals surface area contributed by atoms with Crippen molar-refractivity contribution < 1.29 is 4.74 Å². The summed E-state index contributed by atoms with van der Waals surface area (Å²) in [5.41, 5.74) is 2.38. The number of benzene rings is 1. The molecule has 130 valence electrons. The number of hydrogen-bond acceptors (Lipinski definition) is 6. The van der Waals surface area contributed by atoms with Crippen molar-refractivity contribution in [2.45, 2.75) is 13.3 Å². The van der Waals surface area contributed by atoms with E-state index in [9.17, 15) is 0 Å². The third kappa shape index (κ3) is 3.32. The van der Waals surface area contributed by atoms with Gasteiger partial charge in [0.05, 0.1) is 12.0 Å². The highest BCUT2D eigenvalue weighted by Crippen LogP contribution is 2.38. The molecule has 1 aromatic carbocycles. The molecular formula is C19H22N4OS. The van der Waals surface area contributed by atoms with Gasteiger partial charge in [0, 0.05) is 30.6 Å². The molecule has 1 aliphatic rings. The van der Waals surface area contributed by atoms with Gasteiger partial charge in [-0.25, -0.2) is 9.97 Å². The van der Waals surface area contributed by atoms with Crippen molar-refractivity contribution in [3.8, 4) is 16.9 Å². The van der Waals surface area contributed by atoms with E-state index in [1.807, 2.05) is 19.1 Å². The summed E-state index contributed by atoms with van der Waals surface area (Å²) in [7, 11) is 0. The fraction of sp³-hybridized carbons (Fsp3) is 0.368. The highest BCUT2D eigenvalue weighted by Gasteiger charge is 2.18. The predicted octanol–water partition coefficient (Wildman–Crippen LogP) is 3.56. The lowest BCUT2D eigenvalue weighted by molar-refractivity contribution is 0.340. The number of fused-ring (bicyclic) bond motifs is 1. The minimum absolute atomic E-state index is 0.682. The summed E-state index contributed by atoms with van der Waals surface area (Å²) in [4.78, 5) is 12.6. The number of ether oxygens (including phenoxy) is 1.